The molecule has 1 aliphatic heterocycles. The van der Waals surface area contributed by atoms with Gasteiger partial charge in [-0.15, -0.1) is 0 Å². The zero-order valence-electron chi connectivity index (χ0n) is 18.4. The summed E-state index contributed by atoms with van der Waals surface area (Å²) in [5, 5.41) is 4.26. The van der Waals surface area contributed by atoms with Gasteiger partial charge in [0, 0.05) is 29.5 Å². The molecule has 160 valence electrons. The van der Waals surface area contributed by atoms with Gasteiger partial charge < -0.3 is 14.8 Å². The number of hydrogen-bond acceptors (Lipinski definition) is 3. The molecule has 0 saturated carbocycles. The van der Waals surface area contributed by atoms with E-state index in [9.17, 15) is 0 Å². The average molecular weight is 440 g/mol. The third kappa shape index (κ3) is 3.46. The summed E-state index contributed by atoms with van der Waals surface area (Å²) < 4.78 is 2.26. The molecular weight excluding hydrogens is 414 g/mol. The largest absolute Gasteiger partial charge is 0.351 e. The summed E-state index contributed by atoms with van der Waals surface area (Å²) in [6.07, 6.45) is 5.54. The molecule has 0 unspecified atom stereocenters. The number of aromatic nitrogens is 3. The maximum Gasteiger partial charge on any atom is 0.174 e. The Hall–Kier alpha value is -3.51. The van der Waals surface area contributed by atoms with Crippen molar-refractivity contribution in [3.8, 4) is 5.69 Å². The fraction of sp³-hybridized carbons (Fsp3) is 0.192. The number of benzene rings is 1. The Bertz CT molecular complexity index is 1250. The van der Waals surface area contributed by atoms with Crippen LogP contribution >= 0.6 is 12.2 Å². The lowest BCUT2D eigenvalue weighted by Gasteiger charge is -2.28. The lowest BCUT2D eigenvalue weighted by atomic mass is 9.96. The van der Waals surface area contributed by atoms with E-state index < -0.39 is 0 Å². The second kappa shape index (κ2) is 8.20. The Morgan fingerprint density at radius 3 is 2.41 bits per heavy atom. The molecule has 2 atom stereocenters. The minimum absolute atomic E-state index is 0.0308. The molecule has 6 heteroatoms. The quantitative estimate of drug-likeness (QED) is 0.433. The Labute approximate surface area is 193 Å². The zero-order valence-corrected chi connectivity index (χ0v) is 19.2. The lowest BCUT2D eigenvalue weighted by Crippen LogP contribution is -2.29. The molecule has 1 fully saturated rings. The lowest BCUT2D eigenvalue weighted by molar-refractivity contribution is 0.565. The maximum absolute atomic E-state index is 5.86. The summed E-state index contributed by atoms with van der Waals surface area (Å²) in [5.41, 5.74) is 7.87. The average Bonchev–Trinajstić information content (AvgIpc) is 3.31. The van der Waals surface area contributed by atoms with E-state index in [2.05, 4.69) is 88.0 Å². The third-order valence-corrected chi connectivity index (χ3v) is 6.42. The third-order valence-electron chi connectivity index (χ3n) is 6.10. The molecule has 0 spiro atoms. The summed E-state index contributed by atoms with van der Waals surface area (Å²) in [4.78, 5) is 11.2. The van der Waals surface area contributed by atoms with Crippen molar-refractivity contribution in [2.45, 2.75) is 32.9 Å². The molecule has 0 aliphatic carbocycles. The van der Waals surface area contributed by atoms with Crippen LogP contribution in [0.2, 0.25) is 0 Å². The van der Waals surface area contributed by atoms with Crippen LogP contribution in [0.25, 0.3) is 5.69 Å². The van der Waals surface area contributed by atoms with Crippen LogP contribution in [0.5, 0.6) is 0 Å². The monoisotopic (exact) mass is 439 g/mol. The zero-order chi connectivity index (χ0) is 22.2. The van der Waals surface area contributed by atoms with Crippen LogP contribution in [0.4, 0.5) is 5.69 Å². The van der Waals surface area contributed by atoms with Gasteiger partial charge >= 0.3 is 0 Å². The molecule has 32 heavy (non-hydrogen) atoms. The highest BCUT2D eigenvalue weighted by Gasteiger charge is 2.42. The van der Waals surface area contributed by atoms with E-state index in [0.29, 0.717) is 5.11 Å². The number of nitrogens with one attached hydrogen (secondary N) is 1. The molecule has 0 amide bonds. The van der Waals surface area contributed by atoms with Crippen LogP contribution < -0.4 is 10.2 Å². The normalized spacial score (nSPS) is 18.1. The molecule has 5 nitrogen and oxygen atoms in total. The number of pyridine rings is 2. The molecule has 3 aromatic heterocycles. The van der Waals surface area contributed by atoms with E-state index in [1.165, 1.54) is 16.8 Å². The van der Waals surface area contributed by atoms with Gasteiger partial charge in [0.1, 0.15) is 0 Å². The predicted molar refractivity (Wildman–Crippen MR) is 132 cm³/mol. The van der Waals surface area contributed by atoms with Crippen LogP contribution in [0, 0.1) is 20.8 Å². The Morgan fingerprint density at radius 1 is 0.906 bits per heavy atom. The standard InChI is InChI=1S/C26H25N5S/c1-17-9-11-20(12-10-17)31-25(24(29-26(31)32)23-8-4-5-14-28-23)22-15-18(2)30(19(22)3)21-7-6-13-27-16-21/h4-16,24-25H,1-3H3,(H,29,32)/t24-,25-/m0/s1. The molecule has 1 aromatic carbocycles. The Morgan fingerprint density at radius 2 is 1.72 bits per heavy atom. The van der Waals surface area contributed by atoms with Crippen molar-refractivity contribution in [1.82, 2.24) is 19.9 Å². The van der Waals surface area contributed by atoms with Crippen molar-refractivity contribution in [2.75, 3.05) is 4.90 Å². The molecule has 0 bridgehead atoms. The van der Waals surface area contributed by atoms with Crippen molar-refractivity contribution < 1.29 is 0 Å². The summed E-state index contributed by atoms with van der Waals surface area (Å²) in [6.45, 7) is 6.40. The van der Waals surface area contributed by atoms with Crippen LogP contribution in [0.3, 0.4) is 0 Å². The minimum Gasteiger partial charge on any atom is -0.351 e. The Kier molecular flexibility index (Phi) is 5.23. The number of nitrogens with zero attached hydrogens (tertiary/aromatic N) is 4. The Balaban J connectivity index is 1.68. The van der Waals surface area contributed by atoms with Gasteiger partial charge in [-0.2, -0.15) is 0 Å². The first-order chi connectivity index (χ1) is 15.5. The number of aryl methyl sites for hydroxylation is 2. The highest BCUT2D eigenvalue weighted by atomic mass is 32.1. The van der Waals surface area contributed by atoms with Gasteiger partial charge in [-0.25, -0.2) is 0 Å². The first kappa shape index (κ1) is 20.4. The van der Waals surface area contributed by atoms with E-state index in [-0.39, 0.29) is 12.1 Å². The molecule has 4 heterocycles. The second-order valence-corrected chi connectivity index (χ2v) is 8.59. The number of hydrogen-bond donors (Lipinski definition) is 1. The van der Waals surface area contributed by atoms with Gasteiger partial charge in [0.2, 0.25) is 0 Å². The maximum atomic E-state index is 5.86. The number of rotatable bonds is 4. The first-order valence-electron chi connectivity index (χ1n) is 10.7. The van der Waals surface area contributed by atoms with E-state index in [1.807, 2.05) is 30.6 Å². The van der Waals surface area contributed by atoms with Crippen molar-refractivity contribution in [2.24, 2.45) is 0 Å². The molecule has 4 aromatic rings. The van der Waals surface area contributed by atoms with Gasteiger partial charge in [-0.1, -0.05) is 23.8 Å². The van der Waals surface area contributed by atoms with Crippen molar-refractivity contribution in [3.05, 3.63) is 107 Å². The SMILES string of the molecule is Cc1ccc(N2C(=S)N[C@@H](c3ccccn3)[C@@H]2c2cc(C)n(-c3cccnc3)c2C)cc1. The van der Waals surface area contributed by atoms with E-state index >= 15 is 0 Å². The van der Waals surface area contributed by atoms with Crippen LogP contribution in [-0.4, -0.2) is 19.6 Å². The van der Waals surface area contributed by atoms with E-state index in [0.717, 1.165) is 22.8 Å². The number of thiocarbonyl (C=S) groups is 1. The van der Waals surface area contributed by atoms with Gasteiger partial charge in [-0.05, 0) is 81.0 Å². The molecule has 1 N–H and O–H groups in total. The van der Waals surface area contributed by atoms with Crippen molar-refractivity contribution in [3.63, 3.8) is 0 Å². The topological polar surface area (TPSA) is 46.0 Å². The molecule has 5 rings (SSSR count). The molecule has 1 saturated heterocycles. The fourth-order valence-corrected chi connectivity index (χ4v) is 4.97. The van der Waals surface area contributed by atoms with Crippen LogP contribution in [0.15, 0.2) is 79.3 Å². The highest BCUT2D eigenvalue weighted by molar-refractivity contribution is 7.80. The minimum atomic E-state index is -0.0622. The molecule has 1 aliphatic rings. The van der Waals surface area contributed by atoms with Crippen LogP contribution in [0.1, 0.15) is 40.3 Å². The van der Waals surface area contributed by atoms with Gasteiger partial charge in [0.15, 0.2) is 5.11 Å². The van der Waals surface area contributed by atoms with Gasteiger partial charge in [-0.3, -0.25) is 9.97 Å². The second-order valence-electron chi connectivity index (χ2n) is 8.21. The van der Waals surface area contributed by atoms with E-state index in [1.54, 1.807) is 6.20 Å². The van der Waals surface area contributed by atoms with E-state index in [4.69, 9.17) is 12.2 Å². The highest BCUT2D eigenvalue weighted by Crippen LogP contribution is 2.43. The smallest absolute Gasteiger partial charge is 0.174 e. The first-order valence-corrected chi connectivity index (χ1v) is 11.1. The predicted octanol–water partition coefficient (Wildman–Crippen LogP) is 5.37. The van der Waals surface area contributed by atoms with Crippen molar-refractivity contribution >= 4 is 23.0 Å². The number of anilines is 1. The summed E-state index contributed by atoms with van der Waals surface area (Å²) in [5.74, 6) is 0. The van der Waals surface area contributed by atoms with Gasteiger partial charge in [0.05, 0.1) is 29.7 Å². The van der Waals surface area contributed by atoms with Crippen LogP contribution in [-0.2, 0) is 0 Å². The summed E-state index contributed by atoms with van der Waals surface area (Å²) in [6, 6.07) is 20.8. The molecular formula is C26H25N5S. The fourth-order valence-electron chi connectivity index (χ4n) is 4.62. The summed E-state index contributed by atoms with van der Waals surface area (Å²) >= 11 is 5.86. The van der Waals surface area contributed by atoms with Gasteiger partial charge in [0.25, 0.3) is 0 Å². The van der Waals surface area contributed by atoms with Crippen molar-refractivity contribution in [1.29, 1.82) is 0 Å². The molecule has 0 radical (unpaired) electrons. The summed E-state index contributed by atoms with van der Waals surface area (Å²) in [7, 11) is 0.